The normalized spacial score (nSPS) is 16.2. The van der Waals surface area contributed by atoms with Gasteiger partial charge in [-0.2, -0.15) is 0 Å². The number of piperazine rings is 1. The van der Waals surface area contributed by atoms with Gasteiger partial charge >= 0.3 is 0 Å². The van der Waals surface area contributed by atoms with Gasteiger partial charge in [-0.05, 0) is 25.1 Å². The fourth-order valence-electron chi connectivity index (χ4n) is 2.62. The van der Waals surface area contributed by atoms with E-state index in [4.69, 9.17) is 4.42 Å². The summed E-state index contributed by atoms with van der Waals surface area (Å²) in [6.07, 6.45) is 0.964. The van der Waals surface area contributed by atoms with Crippen molar-refractivity contribution in [1.82, 2.24) is 15.5 Å². The first-order valence-electron chi connectivity index (χ1n) is 7.53. The molecular formula is C16H21N3O2. The number of rotatable bonds is 5. The molecule has 112 valence electrons. The third kappa shape index (κ3) is 3.62. The highest BCUT2D eigenvalue weighted by Crippen LogP contribution is 2.18. The Labute approximate surface area is 124 Å². The summed E-state index contributed by atoms with van der Waals surface area (Å²) in [5.74, 6) is 0.255. The van der Waals surface area contributed by atoms with Crippen molar-refractivity contribution >= 4 is 16.9 Å². The Kier molecular flexibility index (Phi) is 4.52. The molecule has 0 aliphatic carbocycles. The molecule has 5 nitrogen and oxygen atoms in total. The SMILES string of the molecule is O=C(NCCCN1CCNCC1)c1cc2ccccc2o1. The largest absolute Gasteiger partial charge is 0.451 e. The fourth-order valence-corrected chi connectivity index (χ4v) is 2.62. The number of amides is 1. The van der Waals surface area contributed by atoms with Crippen LogP contribution < -0.4 is 10.6 Å². The summed E-state index contributed by atoms with van der Waals surface area (Å²) < 4.78 is 5.55. The third-order valence-corrected chi connectivity index (χ3v) is 3.80. The number of furan rings is 1. The molecule has 1 aliphatic heterocycles. The van der Waals surface area contributed by atoms with E-state index in [1.54, 1.807) is 6.07 Å². The third-order valence-electron chi connectivity index (χ3n) is 3.80. The van der Waals surface area contributed by atoms with Gasteiger partial charge in [-0.25, -0.2) is 0 Å². The van der Waals surface area contributed by atoms with Crippen LogP contribution in [0.3, 0.4) is 0 Å². The Morgan fingerprint density at radius 2 is 2.10 bits per heavy atom. The topological polar surface area (TPSA) is 57.5 Å². The predicted molar refractivity (Wildman–Crippen MR) is 82.5 cm³/mol. The molecule has 0 radical (unpaired) electrons. The van der Waals surface area contributed by atoms with Crippen LogP contribution >= 0.6 is 0 Å². The second kappa shape index (κ2) is 6.74. The minimum absolute atomic E-state index is 0.133. The van der Waals surface area contributed by atoms with E-state index in [-0.39, 0.29) is 5.91 Å². The molecule has 5 heteroatoms. The Bertz CT molecular complexity index is 569. The summed E-state index contributed by atoms with van der Waals surface area (Å²) >= 11 is 0. The van der Waals surface area contributed by atoms with Crippen molar-refractivity contribution in [2.24, 2.45) is 0 Å². The molecule has 3 rings (SSSR count). The van der Waals surface area contributed by atoms with Crippen LogP contribution in [0.25, 0.3) is 11.0 Å². The minimum Gasteiger partial charge on any atom is -0.451 e. The summed E-state index contributed by atoms with van der Waals surface area (Å²) in [4.78, 5) is 14.5. The molecular weight excluding hydrogens is 266 g/mol. The Morgan fingerprint density at radius 1 is 1.29 bits per heavy atom. The molecule has 1 fully saturated rings. The van der Waals surface area contributed by atoms with E-state index in [1.807, 2.05) is 24.3 Å². The van der Waals surface area contributed by atoms with Gasteiger partial charge in [0.15, 0.2) is 5.76 Å². The van der Waals surface area contributed by atoms with Crippen LogP contribution in [0.5, 0.6) is 0 Å². The zero-order valence-corrected chi connectivity index (χ0v) is 12.1. The van der Waals surface area contributed by atoms with Gasteiger partial charge in [-0.1, -0.05) is 18.2 Å². The van der Waals surface area contributed by atoms with Crippen LogP contribution in [0.2, 0.25) is 0 Å². The summed E-state index contributed by atoms with van der Waals surface area (Å²) in [6.45, 7) is 6.02. The highest BCUT2D eigenvalue weighted by molar-refractivity contribution is 5.95. The van der Waals surface area contributed by atoms with Gasteiger partial charge in [0.2, 0.25) is 0 Å². The van der Waals surface area contributed by atoms with Crippen LogP contribution in [0.4, 0.5) is 0 Å². The average Bonchev–Trinajstić information content (AvgIpc) is 2.96. The predicted octanol–water partition coefficient (Wildman–Crippen LogP) is 1.46. The van der Waals surface area contributed by atoms with E-state index in [2.05, 4.69) is 15.5 Å². The Balaban J connectivity index is 1.45. The molecule has 1 aromatic heterocycles. The van der Waals surface area contributed by atoms with Gasteiger partial charge < -0.3 is 20.0 Å². The number of nitrogens with zero attached hydrogens (tertiary/aromatic N) is 1. The fraction of sp³-hybridized carbons (Fsp3) is 0.438. The first kappa shape index (κ1) is 14.1. The molecule has 0 unspecified atom stereocenters. The van der Waals surface area contributed by atoms with Crippen LogP contribution in [0, 0.1) is 0 Å². The highest BCUT2D eigenvalue weighted by atomic mass is 16.3. The van der Waals surface area contributed by atoms with Crippen LogP contribution in [-0.4, -0.2) is 50.1 Å². The lowest BCUT2D eigenvalue weighted by atomic mass is 10.2. The molecule has 0 spiro atoms. The van der Waals surface area contributed by atoms with Crippen molar-refractivity contribution < 1.29 is 9.21 Å². The molecule has 1 aliphatic rings. The highest BCUT2D eigenvalue weighted by Gasteiger charge is 2.12. The molecule has 0 bridgehead atoms. The summed E-state index contributed by atoms with van der Waals surface area (Å²) in [5, 5.41) is 7.22. The molecule has 1 aromatic carbocycles. The molecule has 0 atom stereocenters. The van der Waals surface area contributed by atoms with Gasteiger partial charge in [0.25, 0.3) is 5.91 Å². The number of nitrogens with one attached hydrogen (secondary N) is 2. The molecule has 2 N–H and O–H groups in total. The smallest absolute Gasteiger partial charge is 0.287 e. The molecule has 2 heterocycles. The molecule has 21 heavy (non-hydrogen) atoms. The maximum absolute atomic E-state index is 12.0. The first-order chi connectivity index (χ1) is 10.3. The van der Waals surface area contributed by atoms with Gasteiger partial charge in [0.1, 0.15) is 5.58 Å². The van der Waals surface area contributed by atoms with Crippen LogP contribution in [0.1, 0.15) is 17.0 Å². The second-order valence-electron chi connectivity index (χ2n) is 5.35. The van der Waals surface area contributed by atoms with Gasteiger partial charge in [0, 0.05) is 38.1 Å². The quantitative estimate of drug-likeness (QED) is 0.817. The number of hydrogen-bond acceptors (Lipinski definition) is 4. The van der Waals surface area contributed by atoms with Crippen molar-refractivity contribution in [3.05, 3.63) is 36.1 Å². The van der Waals surface area contributed by atoms with E-state index < -0.39 is 0 Å². The summed E-state index contributed by atoms with van der Waals surface area (Å²) in [5.41, 5.74) is 0.753. The number of fused-ring (bicyclic) bond motifs is 1. The van der Waals surface area contributed by atoms with Crippen LogP contribution in [0.15, 0.2) is 34.7 Å². The van der Waals surface area contributed by atoms with Crippen molar-refractivity contribution in [2.45, 2.75) is 6.42 Å². The molecule has 2 aromatic rings. The van der Waals surface area contributed by atoms with E-state index in [1.165, 1.54) is 0 Å². The average molecular weight is 287 g/mol. The van der Waals surface area contributed by atoms with Crippen molar-refractivity contribution in [2.75, 3.05) is 39.3 Å². The maximum Gasteiger partial charge on any atom is 0.287 e. The molecule has 1 amide bonds. The molecule has 0 saturated carbocycles. The van der Waals surface area contributed by atoms with Gasteiger partial charge in [-0.3, -0.25) is 4.79 Å². The Hall–Kier alpha value is -1.85. The van der Waals surface area contributed by atoms with Gasteiger partial charge in [0.05, 0.1) is 0 Å². The zero-order chi connectivity index (χ0) is 14.5. The van der Waals surface area contributed by atoms with E-state index in [0.29, 0.717) is 12.3 Å². The number of hydrogen-bond donors (Lipinski definition) is 2. The van der Waals surface area contributed by atoms with Crippen molar-refractivity contribution in [3.8, 4) is 0 Å². The minimum atomic E-state index is -0.133. The summed E-state index contributed by atoms with van der Waals surface area (Å²) in [7, 11) is 0. The Morgan fingerprint density at radius 3 is 2.90 bits per heavy atom. The van der Waals surface area contributed by atoms with E-state index >= 15 is 0 Å². The lowest BCUT2D eigenvalue weighted by Gasteiger charge is -2.26. The lowest BCUT2D eigenvalue weighted by Crippen LogP contribution is -2.44. The molecule has 1 saturated heterocycles. The number of carbonyl (C=O) groups is 1. The van der Waals surface area contributed by atoms with E-state index in [9.17, 15) is 4.79 Å². The van der Waals surface area contributed by atoms with Gasteiger partial charge in [-0.15, -0.1) is 0 Å². The maximum atomic E-state index is 12.0. The number of para-hydroxylation sites is 1. The zero-order valence-electron chi connectivity index (χ0n) is 12.1. The monoisotopic (exact) mass is 287 g/mol. The summed E-state index contributed by atoms with van der Waals surface area (Å²) in [6, 6.07) is 9.45. The number of carbonyl (C=O) groups excluding carboxylic acids is 1. The lowest BCUT2D eigenvalue weighted by molar-refractivity contribution is 0.0926. The number of benzene rings is 1. The standard InChI is InChI=1S/C16H21N3O2/c20-16(15-12-13-4-1-2-5-14(13)21-15)18-6-3-9-19-10-7-17-8-11-19/h1-2,4-5,12,17H,3,6-11H2,(H,18,20). The van der Waals surface area contributed by atoms with E-state index in [0.717, 1.165) is 50.1 Å². The van der Waals surface area contributed by atoms with Crippen LogP contribution in [-0.2, 0) is 0 Å². The second-order valence-corrected chi connectivity index (χ2v) is 5.35. The van der Waals surface area contributed by atoms with Crippen molar-refractivity contribution in [1.29, 1.82) is 0 Å². The van der Waals surface area contributed by atoms with Crippen molar-refractivity contribution in [3.63, 3.8) is 0 Å². The first-order valence-corrected chi connectivity index (χ1v) is 7.53.